The molecule has 0 radical (unpaired) electrons. The van der Waals surface area contributed by atoms with Crippen molar-refractivity contribution in [1.29, 1.82) is 0 Å². The summed E-state index contributed by atoms with van der Waals surface area (Å²) in [6.45, 7) is 11.0. The minimum absolute atomic E-state index is 0. The SMILES string of the molecule is CCOC(=O)N1CCC(NC(=NC)NCC(C)(C)c2ccc(C)cc2)CC1.I. The Balaban J connectivity index is 0.00000392. The number of aryl methyl sites for hydroxylation is 1. The van der Waals surface area contributed by atoms with Gasteiger partial charge < -0.3 is 20.3 Å². The number of piperidine rings is 1. The van der Waals surface area contributed by atoms with Crippen LogP contribution in [0.3, 0.4) is 0 Å². The number of rotatable bonds is 5. The lowest BCUT2D eigenvalue weighted by Gasteiger charge is -2.33. The third-order valence-electron chi connectivity index (χ3n) is 5.12. The molecule has 2 rings (SSSR count). The molecule has 0 aliphatic carbocycles. The third-order valence-corrected chi connectivity index (χ3v) is 5.12. The predicted molar refractivity (Wildman–Crippen MR) is 126 cm³/mol. The number of amides is 1. The van der Waals surface area contributed by atoms with Crippen LogP contribution in [0.25, 0.3) is 0 Å². The summed E-state index contributed by atoms with van der Waals surface area (Å²) in [6.07, 6.45) is 1.57. The molecule has 1 heterocycles. The van der Waals surface area contributed by atoms with Crippen molar-refractivity contribution in [2.24, 2.45) is 4.99 Å². The summed E-state index contributed by atoms with van der Waals surface area (Å²) in [4.78, 5) is 17.9. The van der Waals surface area contributed by atoms with E-state index < -0.39 is 0 Å². The van der Waals surface area contributed by atoms with Gasteiger partial charge in [0.15, 0.2) is 5.96 Å². The fourth-order valence-corrected chi connectivity index (χ4v) is 3.22. The van der Waals surface area contributed by atoms with E-state index in [1.165, 1.54) is 11.1 Å². The lowest BCUT2D eigenvalue weighted by atomic mass is 9.84. The summed E-state index contributed by atoms with van der Waals surface area (Å²) in [5.74, 6) is 0.810. The van der Waals surface area contributed by atoms with Crippen molar-refractivity contribution < 1.29 is 9.53 Å². The number of guanidine groups is 1. The first-order valence-corrected chi connectivity index (χ1v) is 9.81. The van der Waals surface area contributed by atoms with Crippen molar-refractivity contribution in [2.45, 2.75) is 52.0 Å². The van der Waals surface area contributed by atoms with E-state index in [9.17, 15) is 4.79 Å². The molecule has 1 fully saturated rings. The zero-order chi connectivity index (χ0) is 19.9. The first kappa shape index (κ1) is 24.5. The molecule has 7 heteroatoms. The number of likely N-dealkylation sites (tertiary alicyclic amines) is 1. The van der Waals surface area contributed by atoms with Crippen LogP contribution in [-0.4, -0.2) is 56.3 Å². The van der Waals surface area contributed by atoms with Gasteiger partial charge in [0.05, 0.1) is 6.61 Å². The number of hydrogen-bond acceptors (Lipinski definition) is 3. The van der Waals surface area contributed by atoms with E-state index in [4.69, 9.17) is 4.74 Å². The van der Waals surface area contributed by atoms with Crippen LogP contribution in [0.4, 0.5) is 4.79 Å². The smallest absolute Gasteiger partial charge is 0.409 e. The minimum atomic E-state index is -0.210. The zero-order valence-electron chi connectivity index (χ0n) is 17.7. The van der Waals surface area contributed by atoms with Gasteiger partial charge in [-0.2, -0.15) is 0 Å². The maximum absolute atomic E-state index is 11.8. The first-order chi connectivity index (χ1) is 12.9. The second-order valence-electron chi connectivity index (χ2n) is 7.78. The topological polar surface area (TPSA) is 66.0 Å². The Bertz CT molecular complexity index is 638. The van der Waals surface area contributed by atoms with Gasteiger partial charge in [0.1, 0.15) is 0 Å². The molecule has 0 atom stereocenters. The van der Waals surface area contributed by atoms with E-state index in [2.05, 4.69) is 60.7 Å². The molecule has 0 saturated carbocycles. The van der Waals surface area contributed by atoms with E-state index in [1.54, 1.807) is 11.9 Å². The number of benzene rings is 1. The fraction of sp³-hybridized carbons (Fsp3) is 0.619. The molecule has 0 aromatic heterocycles. The average molecular weight is 502 g/mol. The third kappa shape index (κ3) is 7.14. The van der Waals surface area contributed by atoms with E-state index in [-0.39, 0.29) is 35.5 Å². The molecule has 1 aliphatic heterocycles. The Kier molecular flexibility index (Phi) is 10.1. The molecular weight excluding hydrogens is 467 g/mol. The van der Waals surface area contributed by atoms with Gasteiger partial charge in [0.2, 0.25) is 0 Å². The van der Waals surface area contributed by atoms with Gasteiger partial charge in [-0.3, -0.25) is 4.99 Å². The van der Waals surface area contributed by atoms with Crippen LogP contribution in [0, 0.1) is 6.92 Å². The van der Waals surface area contributed by atoms with Crippen molar-refractivity contribution in [1.82, 2.24) is 15.5 Å². The van der Waals surface area contributed by atoms with Gasteiger partial charge in [0, 0.05) is 38.1 Å². The Morgan fingerprint density at radius 2 is 1.86 bits per heavy atom. The second kappa shape index (κ2) is 11.5. The highest BCUT2D eigenvalue weighted by molar-refractivity contribution is 14.0. The Hall–Kier alpha value is -1.51. The molecule has 0 spiro atoms. The van der Waals surface area contributed by atoms with Crippen molar-refractivity contribution in [3.05, 3.63) is 35.4 Å². The van der Waals surface area contributed by atoms with Crippen LogP contribution < -0.4 is 10.6 Å². The summed E-state index contributed by atoms with van der Waals surface area (Å²) in [5.41, 5.74) is 2.58. The largest absolute Gasteiger partial charge is 0.450 e. The van der Waals surface area contributed by atoms with Gasteiger partial charge >= 0.3 is 6.09 Å². The van der Waals surface area contributed by atoms with Crippen LogP contribution in [0.5, 0.6) is 0 Å². The van der Waals surface area contributed by atoms with Gasteiger partial charge in [-0.1, -0.05) is 43.7 Å². The standard InChI is InChI=1S/C21H34N4O2.HI/c1-6-27-20(26)25-13-11-18(12-14-25)24-19(22-5)23-15-21(3,4)17-9-7-16(2)8-10-17;/h7-10,18H,6,11-15H2,1-5H3,(H2,22,23,24);1H. The van der Waals surface area contributed by atoms with Crippen LogP contribution >= 0.6 is 24.0 Å². The van der Waals surface area contributed by atoms with E-state index in [0.717, 1.165) is 25.3 Å². The summed E-state index contributed by atoms with van der Waals surface area (Å²) in [7, 11) is 1.79. The van der Waals surface area contributed by atoms with Crippen LogP contribution in [0.15, 0.2) is 29.3 Å². The van der Waals surface area contributed by atoms with Gasteiger partial charge in [-0.05, 0) is 32.3 Å². The van der Waals surface area contributed by atoms with Gasteiger partial charge in [0.25, 0.3) is 0 Å². The van der Waals surface area contributed by atoms with Crippen LogP contribution in [-0.2, 0) is 10.2 Å². The molecule has 1 saturated heterocycles. The molecule has 1 amide bonds. The lowest BCUT2D eigenvalue weighted by Crippen LogP contribution is -2.51. The minimum Gasteiger partial charge on any atom is -0.450 e. The van der Waals surface area contributed by atoms with Gasteiger partial charge in [-0.15, -0.1) is 24.0 Å². The molecule has 2 N–H and O–H groups in total. The highest BCUT2D eigenvalue weighted by atomic mass is 127. The number of halogens is 1. The molecular formula is C21H35IN4O2. The van der Waals surface area contributed by atoms with Crippen molar-refractivity contribution in [2.75, 3.05) is 33.3 Å². The summed E-state index contributed by atoms with van der Waals surface area (Å²) in [6, 6.07) is 9.00. The monoisotopic (exact) mass is 502 g/mol. The summed E-state index contributed by atoms with van der Waals surface area (Å²) < 4.78 is 5.07. The number of nitrogens with zero attached hydrogens (tertiary/aromatic N) is 2. The highest BCUT2D eigenvalue weighted by Gasteiger charge is 2.25. The average Bonchev–Trinajstić information content (AvgIpc) is 2.66. The maximum Gasteiger partial charge on any atom is 0.409 e. The Morgan fingerprint density at radius 1 is 1.25 bits per heavy atom. The number of carbonyl (C=O) groups is 1. The van der Waals surface area contributed by atoms with Crippen LogP contribution in [0.2, 0.25) is 0 Å². The summed E-state index contributed by atoms with van der Waals surface area (Å²) in [5, 5.41) is 6.95. The number of carbonyl (C=O) groups excluding carboxylic acids is 1. The van der Waals surface area contributed by atoms with Crippen LogP contribution in [0.1, 0.15) is 44.7 Å². The highest BCUT2D eigenvalue weighted by Crippen LogP contribution is 2.22. The number of aliphatic imine (C=N–C) groups is 1. The molecule has 0 unspecified atom stereocenters. The molecule has 6 nitrogen and oxygen atoms in total. The zero-order valence-corrected chi connectivity index (χ0v) is 20.1. The van der Waals surface area contributed by atoms with Gasteiger partial charge in [-0.25, -0.2) is 4.79 Å². The fourth-order valence-electron chi connectivity index (χ4n) is 3.22. The molecule has 1 aromatic carbocycles. The maximum atomic E-state index is 11.8. The van der Waals surface area contributed by atoms with Crippen molar-refractivity contribution in [3.8, 4) is 0 Å². The number of hydrogen-bond donors (Lipinski definition) is 2. The Morgan fingerprint density at radius 3 is 2.39 bits per heavy atom. The quantitative estimate of drug-likeness (QED) is 0.367. The van der Waals surface area contributed by atoms with E-state index >= 15 is 0 Å². The lowest BCUT2D eigenvalue weighted by molar-refractivity contribution is 0.0963. The van der Waals surface area contributed by atoms with Crippen molar-refractivity contribution in [3.63, 3.8) is 0 Å². The number of nitrogens with one attached hydrogen (secondary N) is 2. The molecule has 1 aromatic rings. The van der Waals surface area contributed by atoms with Crippen molar-refractivity contribution >= 4 is 36.0 Å². The number of ether oxygens (including phenoxy) is 1. The molecule has 28 heavy (non-hydrogen) atoms. The molecule has 158 valence electrons. The van der Waals surface area contributed by atoms with E-state index in [1.807, 2.05) is 6.92 Å². The Labute approximate surface area is 186 Å². The molecule has 0 bridgehead atoms. The van der Waals surface area contributed by atoms with E-state index in [0.29, 0.717) is 25.7 Å². The summed E-state index contributed by atoms with van der Waals surface area (Å²) >= 11 is 0. The normalized spacial score (nSPS) is 15.6. The molecule has 1 aliphatic rings. The predicted octanol–water partition coefficient (Wildman–Crippen LogP) is 3.68. The second-order valence-corrected chi connectivity index (χ2v) is 7.78. The first-order valence-electron chi connectivity index (χ1n) is 9.81.